The lowest BCUT2D eigenvalue weighted by molar-refractivity contribution is 0.576. The van der Waals surface area contributed by atoms with Crippen LogP contribution < -0.4 is 5.14 Å². The summed E-state index contributed by atoms with van der Waals surface area (Å²) < 4.78 is 21.2. The summed E-state index contributed by atoms with van der Waals surface area (Å²) in [6, 6.07) is 0. The summed E-state index contributed by atoms with van der Waals surface area (Å²) in [5.74, 6) is 0.421. The average molecular weight is 163 g/mol. The molecule has 2 unspecified atom stereocenters. The largest absolute Gasteiger partial charge is 0.228 e. The number of hydrogen-bond acceptors (Lipinski definition) is 2. The molecule has 1 rings (SSSR count). The average Bonchev–Trinajstić information content (AvgIpc) is 2.19. The van der Waals surface area contributed by atoms with Gasteiger partial charge in [-0.25, -0.2) is 13.6 Å². The summed E-state index contributed by atoms with van der Waals surface area (Å²) in [5, 5.41) is 5.03. The van der Waals surface area contributed by atoms with Gasteiger partial charge in [0.05, 0.1) is 4.75 Å². The van der Waals surface area contributed by atoms with Crippen molar-refractivity contribution < 1.29 is 8.42 Å². The predicted molar refractivity (Wildman–Crippen MR) is 39.8 cm³/mol. The van der Waals surface area contributed by atoms with Crippen LogP contribution in [0, 0.1) is 11.8 Å². The maximum Gasteiger partial charge on any atom is 0.215 e. The Morgan fingerprint density at radius 3 is 1.60 bits per heavy atom. The minimum absolute atomic E-state index is 0.211. The van der Waals surface area contributed by atoms with E-state index in [-0.39, 0.29) is 11.8 Å². The minimum atomic E-state index is -3.33. The van der Waals surface area contributed by atoms with Gasteiger partial charge in [0, 0.05) is 0 Å². The van der Waals surface area contributed by atoms with Gasteiger partial charge in [-0.05, 0) is 18.8 Å². The van der Waals surface area contributed by atoms with Crippen LogP contribution in [0.2, 0.25) is 0 Å². The Morgan fingerprint density at radius 2 is 1.60 bits per heavy atom. The molecule has 0 aromatic carbocycles. The molecule has 0 heterocycles. The third-order valence-electron chi connectivity index (χ3n) is 3.06. The molecule has 1 fully saturated rings. The van der Waals surface area contributed by atoms with Crippen LogP contribution in [0.25, 0.3) is 0 Å². The molecule has 0 aromatic heterocycles. The van der Waals surface area contributed by atoms with Crippen LogP contribution in [0.1, 0.15) is 20.8 Å². The first-order valence-corrected chi connectivity index (χ1v) is 4.88. The fraction of sp³-hybridized carbons (Fsp3) is 1.00. The van der Waals surface area contributed by atoms with E-state index in [1.54, 1.807) is 6.92 Å². The quantitative estimate of drug-likeness (QED) is 0.605. The lowest BCUT2D eigenvalue weighted by Gasteiger charge is -2.05. The van der Waals surface area contributed by atoms with Crippen molar-refractivity contribution in [2.24, 2.45) is 17.0 Å². The molecule has 0 bridgehead atoms. The van der Waals surface area contributed by atoms with Gasteiger partial charge in [0.25, 0.3) is 0 Å². The standard InChI is InChI=1S/C6H13NO2S/c1-4-5(2)6(4,3)10(7,8)9/h4-5H,1-3H3,(H2,7,8,9). The van der Waals surface area contributed by atoms with Gasteiger partial charge in [-0.1, -0.05) is 13.8 Å². The van der Waals surface area contributed by atoms with Crippen molar-refractivity contribution >= 4 is 10.0 Å². The highest BCUT2D eigenvalue weighted by molar-refractivity contribution is 7.90. The molecular weight excluding hydrogens is 150 g/mol. The van der Waals surface area contributed by atoms with Crippen LogP contribution in [0.5, 0.6) is 0 Å². The van der Waals surface area contributed by atoms with E-state index in [1.807, 2.05) is 13.8 Å². The first-order chi connectivity index (χ1) is 4.32. The Bertz CT molecular complexity index is 236. The van der Waals surface area contributed by atoms with E-state index in [4.69, 9.17) is 5.14 Å². The Kier molecular flexibility index (Phi) is 1.39. The van der Waals surface area contributed by atoms with Crippen LogP contribution in [0.4, 0.5) is 0 Å². The van der Waals surface area contributed by atoms with Gasteiger partial charge in [-0.15, -0.1) is 0 Å². The maximum absolute atomic E-state index is 10.9. The molecule has 0 amide bonds. The van der Waals surface area contributed by atoms with E-state index in [1.165, 1.54) is 0 Å². The van der Waals surface area contributed by atoms with Crippen molar-refractivity contribution in [1.29, 1.82) is 0 Å². The number of primary sulfonamides is 1. The normalized spacial score (nSPS) is 47.2. The first kappa shape index (κ1) is 8.01. The predicted octanol–water partition coefficient (Wildman–Crippen LogP) is 0.319. The summed E-state index contributed by atoms with van der Waals surface area (Å²) in [6.07, 6.45) is 0. The van der Waals surface area contributed by atoms with E-state index >= 15 is 0 Å². The summed E-state index contributed by atoms with van der Waals surface area (Å²) in [6.45, 7) is 5.53. The summed E-state index contributed by atoms with van der Waals surface area (Å²) in [4.78, 5) is 0. The van der Waals surface area contributed by atoms with Gasteiger partial charge in [-0.3, -0.25) is 0 Å². The van der Waals surface area contributed by atoms with Gasteiger partial charge in [0.1, 0.15) is 0 Å². The molecule has 2 atom stereocenters. The Labute approximate surface area is 61.7 Å². The van der Waals surface area contributed by atoms with Gasteiger partial charge >= 0.3 is 0 Å². The zero-order valence-electron chi connectivity index (χ0n) is 6.46. The first-order valence-electron chi connectivity index (χ1n) is 3.34. The van der Waals surface area contributed by atoms with Crippen molar-refractivity contribution in [2.75, 3.05) is 0 Å². The lowest BCUT2D eigenvalue weighted by Crippen LogP contribution is -2.30. The number of nitrogens with two attached hydrogens (primary N) is 1. The number of hydrogen-bond donors (Lipinski definition) is 1. The van der Waals surface area contributed by atoms with Gasteiger partial charge < -0.3 is 0 Å². The molecule has 1 aliphatic carbocycles. The summed E-state index contributed by atoms with van der Waals surface area (Å²) >= 11 is 0. The molecule has 0 aliphatic heterocycles. The Morgan fingerprint density at radius 1 is 1.30 bits per heavy atom. The fourth-order valence-corrected chi connectivity index (χ4v) is 2.84. The minimum Gasteiger partial charge on any atom is -0.228 e. The lowest BCUT2D eigenvalue weighted by atomic mass is 10.4. The van der Waals surface area contributed by atoms with Crippen LogP contribution in [-0.4, -0.2) is 13.2 Å². The molecule has 10 heavy (non-hydrogen) atoms. The third-order valence-corrected chi connectivity index (χ3v) is 5.03. The van der Waals surface area contributed by atoms with Gasteiger partial charge in [-0.2, -0.15) is 0 Å². The molecule has 1 aliphatic rings. The van der Waals surface area contributed by atoms with E-state index in [9.17, 15) is 8.42 Å². The van der Waals surface area contributed by atoms with E-state index < -0.39 is 14.8 Å². The topological polar surface area (TPSA) is 60.2 Å². The fourth-order valence-electron chi connectivity index (χ4n) is 1.46. The molecule has 3 nitrogen and oxygen atoms in total. The Balaban J connectivity index is 2.97. The molecule has 60 valence electrons. The molecule has 0 spiro atoms. The number of sulfonamides is 1. The zero-order chi connectivity index (χ0) is 8.15. The monoisotopic (exact) mass is 163 g/mol. The second-order valence-corrected chi connectivity index (χ2v) is 5.28. The zero-order valence-corrected chi connectivity index (χ0v) is 7.27. The molecular formula is C6H13NO2S. The van der Waals surface area contributed by atoms with Crippen molar-refractivity contribution in [2.45, 2.75) is 25.5 Å². The van der Waals surface area contributed by atoms with Crippen LogP contribution in [0.3, 0.4) is 0 Å². The smallest absolute Gasteiger partial charge is 0.215 e. The Hall–Kier alpha value is -0.0900. The highest BCUT2D eigenvalue weighted by Gasteiger charge is 2.63. The van der Waals surface area contributed by atoms with E-state index in [0.717, 1.165) is 0 Å². The molecule has 0 saturated heterocycles. The molecule has 4 heteroatoms. The van der Waals surface area contributed by atoms with Crippen molar-refractivity contribution in [3.8, 4) is 0 Å². The van der Waals surface area contributed by atoms with Crippen LogP contribution in [-0.2, 0) is 10.0 Å². The SMILES string of the molecule is CC1C(C)C1(C)S(N)(=O)=O. The second-order valence-electron chi connectivity index (χ2n) is 3.31. The van der Waals surface area contributed by atoms with Crippen molar-refractivity contribution in [3.63, 3.8) is 0 Å². The molecule has 1 saturated carbocycles. The summed E-state index contributed by atoms with van der Waals surface area (Å²) in [5.41, 5.74) is 0. The molecule has 0 aromatic rings. The second kappa shape index (κ2) is 1.74. The van der Waals surface area contributed by atoms with Crippen LogP contribution >= 0.6 is 0 Å². The third kappa shape index (κ3) is 0.720. The highest BCUT2D eigenvalue weighted by Crippen LogP contribution is 2.54. The van der Waals surface area contributed by atoms with E-state index in [2.05, 4.69) is 0 Å². The maximum atomic E-state index is 10.9. The van der Waals surface area contributed by atoms with Gasteiger partial charge in [0.15, 0.2) is 0 Å². The highest BCUT2D eigenvalue weighted by atomic mass is 32.2. The summed E-state index contributed by atoms with van der Waals surface area (Å²) in [7, 11) is -3.33. The molecule has 0 radical (unpaired) electrons. The molecule has 2 N–H and O–H groups in total. The van der Waals surface area contributed by atoms with E-state index in [0.29, 0.717) is 0 Å². The van der Waals surface area contributed by atoms with Gasteiger partial charge in [0.2, 0.25) is 10.0 Å². The van der Waals surface area contributed by atoms with Crippen molar-refractivity contribution in [1.82, 2.24) is 0 Å². The van der Waals surface area contributed by atoms with Crippen LogP contribution in [0.15, 0.2) is 0 Å². The number of rotatable bonds is 1. The van der Waals surface area contributed by atoms with Crippen molar-refractivity contribution in [3.05, 3.63) is 0 Å².